The Labute approximate surface area is 74.1 Å². The molecule has 1 aliphatic heterocycles. The summed E-state index contributed by atoms with van der Waals surface area (Å²) in [6.07, 6.45) is 1.84. The van der Waals surface area contributed by atoms with Crippen molar-refractivity contribution in [3.05, 3.63) is 0 Å². The highest BCUT2D eigenvalue weighted by molar-refractivity contribution is 5.09. The van der Waals surface area contributed by atoms with E-state index in [0.29, 0.717) is 6.04 Å². The number of nitriles is 1. The van der Waals surface area contributed by atoms with E-state index < -0.39 is 0 Å². The largest absolute Gasteiger partial charge is 0.317 e. The average molecular weight is 167 g/mol. The van der Waals surface area contributed by atoms with Crippen LogP contribution in [0, 0.1) is 11.3 Å². The number of nitrogens with one attached hydrogen (secondary N) is 2. The molecule has 1 fully saturated rings. The molecule has 1 heterocycles. The summed E-state index contributed by atoms with van der Waals surface area (Å²) in [4.78, 5) is 0. The molecule has 0 aromatic heterocycles. The first kappa shape index (κ1) is 9.50. The van der Waals surface area contributed by atoms with Gasteiger partial charge in [-0.15, -0.1) is 0 Å². The summed E-state index contributed by atoms with van der Waals surface area (Å²) >= 11 is 0. The van der Waals surface area contributed by atoms with E-state index in [2.05, 4.69) is 30.6 Å². The summed E-state index contributed by atoms with van der Waals surface area (Å²) in [5, 5.41) is 15.6. The maximum atomic E-state index is 9.05. The van der Waals surface area contributed by atoms with Gasteiger partial charge in [0.2, 0.25) is 0 Å². The van der Waals surface area contributed by atoms with E-state index in [9.17, 15) is 0 Å². The molecule has 0 bridgehead atoms. The minimum atomic E-state index is -0.264. The average Bonchev–Trinajstić information content (AvgIpc) is 2.05. The van der Waals surface area contributed by atoms with E-state index in [1.54, 1.807) is 0 Å². The highest BCUT2D eigenvalue weighted by Crippen LogP contribution is 2.17. The Morgan fingerprint density at radius 1 is 1.42 bits per heavy atom. The SMILES string of the molecule is CC(C)NC1(C#N)CCNCC1. The standard InChI is InChI=1S/C9H17N3/c1-8(2)12-9(7-10)3-5-11-6-4-9/h8,11-12H,3-6H2,1-2H3. The van der Waals surface area contributed by atoms with Gasteiger partial charge in [0, 0.05) is 6.04 Å². The van der Waals surface area contributed by atoms with E-state index in [1.807, 2.05) is 0 Å². The zero-order valence-electron chi connectivity index (χ0n) is 7.85. The maximum absolute atomic E-state index is 9.05. The first-order chi connectivity index (χ1) is 5.68. The molecular weight excluding hydrogens is 150 g/mol. The highest BCUT2D eigenvalue weighted by Gasteiger charge is 2.31. The molecule has 3 nitrogen and oxygen atoms in total. The number of piperidine rings is 1. The summed E-state index contributed by atoms with van der Waals surface area (Å²) in [7, 11) is 0. The smallest absolute Gasteiger partial charge is 0.109 e. The number of nitrogens with zero attached hydrogens (tertiary/aromatic N) is 1. The molecule has 0 spiro atoms. The van der Waals surface area contributed by atoms with Crippen LogP contribution in [0.3, 0.4) is 0 Å². The fourth-order valence-electron chi connectivity index (χ4n) is 1.69. The van der Waals surface area contributed by atoms with Gasteiger partial charge in [0.15, 0.2) is 0 Å². The van der Waals surface area contributed by atoms with Crippen LogP contribution in [0.5, 0.6) is 0 Å². The lowest BCUT2D eigenvalue weighted by Crippen LogP contribution is -2.53. The molecule has 1 saturated heterocycles. The molecule has 0 aromatic rings. The van der Waals surface area contributed by atoms with Crippen molar-refractivity contribution in [1.29, 1.82) is 5.26 Å². The molecule has 12 heavy (non-hydrogen) atoms. The third-order valence-electron chi connectivity index (χ3n) is 2.24. The summed E-state index contributed by atoms with van der Waals surface area (Å²) in [6.45, 7) is 6.07. The Balaban J connectivity index is 2.55. The Morgan fingerprint density at radius 2 is 2.00 bits per heavy atom. The van der Waals surface area contributed by atoms with Crippen LogP contribution in [-0.2, 0) is 0 Å². The van der Waals surface area contributed by atoms with Crippen LogP contribution in [0.15, 0.2) is 0 Å². The van der Waals surface area contributed by atoms with Gasteiger partial charge in [0.25, 0.3) is 0 Å². The van der Waals surface area contributed by atoms with Crippen LogP contribution < -0.4 is 10.6 Å². The normalized spacial score (nSPS) is 22.2. The summed E-state index contributed by atoms with van der Waals surface area (Å²) in [5.74, 6) is 0. The van der Waals surface area contributed by atoms with Crippen molar-refractivity contribution in [1.82, 2.24) is 10.6 Å². The Morgan fingerprint density at radius 3 is 2.42 bits per heavy atom. The Kier molecular flexibility index (Phi) is 3.07. The van der Waals surface area contributed by atoms with Gasteiger partial charge in [-0.3, -0.25) is 5.32 Å². The van der Waals surface area contributed by atoms with Crippen molar-refractivity contribution in [2.24, 2.45) is 0 Å². The zero-order valence-corrected chi connectivity index (χ0v) is 7.85. The maximum Gasteiger partial charge on any atom is 0.109 e. The van der Waals surface area contributed by atoms with Crippen molar-refractivity contribution < 1.29 is 0 Å². The number of hydrogen-bond donors (Lipinski definition) is 2. The monoisotopic (exact) mass is 167 g/mol. The lowest BCUT2D eigenvalue weighted by atomic mass is 9.89. The van der Waals surface area contributed by atoms with Gasteiger partial charge < -0.3 is 5.32 Å². The van der Waals surface area contributed by atoms with Gasteiger partial charge >= 0.3 is 0 Å². The third-order valence-corrected chi connectivity index (χ3v) is 2.24. The van der Waals surface area contributed by atoms with Crippen LogP contribution in [0.25, 0.3) is 0 Å². The fraction of sp³-hybridized carbons (Fsp3) is 0.889. The van der Waals surface area contributed by atoms with Crippen molar-refractivity contribution in [2.45, 2.75) is 38.3 Å². The van der Waals surface area contributed by atoms with Crippen LogP contribution in [0.1, 0.15) is 26.7 Å². The highest BCUT2D eigenvalue weighted by atomic mass is 15.0. The summed E-state index contributed by atoms with van der Waals surface area (Å²) in [5.41, 5.74) is -0.264. The second-order valence-electron chi connectivity index (χ2n) is 3.74. The van der Waals surface area contributed by atoms with Crippen LogP contribution >= 0.6 is 0 Å². The first-order valence-corrected chi connectivity index (χ1v) is 4.58. The van der Waals surface area contributed by atoms with E-state index in [1.165, 1.54) is 0 Å². The quantitative estimate of drug-likeness (QED) is 0.634. The van der Waals surface area contributed by atoms with E-state index >= 15 is 0 Å². The molecule has 1 rings (SSSR count). The van der Waals surface area contributed by atoms with E-state index in [0.717, 1.165) is 25.9 Å². The molecular formula is C9H17N3. The molecule has 0 radical (unpaired) electrons. The van der Waals surface area contributed by atoms with Gasteiger partial charge in [0.05, 0.1) is 6.07 Å². The second kappa shape index (κ2) is 3.88. The van der Waals surface area contributed by atoms with Gasteiger partial charge in [-0.1, -0.05) is 0 Å². The van der Waals surface area contributed by atoms with Crippen LogP contribution in [-0.4, -0.2) is 24.7 Å². The molecule has 3 heteroatoms. The van der Waals surface area contributed by atoms with Crippen molar-refractivity contribution in [3.8, 4) is 6.07 Å². The van der Waals surface area contributed by atoms with Crippen molar-refractivity contribution in [2.75, 3.05) is 13.1 Å². The molecule has 0 saturated carbocycles. The molecule has 0 atom stereocenters. The van der Waals surface area contributed by atoms with Crippen LogP contribution in [0.2, 0.25) is 0 Å². The molecule has 0 amide bonds. The minimum absolute atomic E-state index is 0.264. The van der Waals surface area contributed by atoms with Gasteiger partial charge in [-0.25, -0.2) is 0 Å². The molecule has 0 unspecified atom stereocenters. The zero-order chi connectivity index (χ0) is 9.03. The Bertz CT molecular complexity index is 175. The summed E-state index contributed by atoms with van der Waals surface area (Å²) < 4.78 is 0. The predicted molar refractivity (Wildman–Crippen MR) is 48.7 cm³/mol. The van der Waals surface area contributed by atoms with Crippen molar-refractivity contribution >= 4 is 0 Å². The lowest BCUT2D eigenvalue weighted by Gasteiger charge is -2.33. The Hall–Kier alpha value is -0.590. The number of hydrogen-bond acceptors (Lipinski definition) is 3. The van der Waals surface area contributed by atoms with E-state index in [-0.39, 0.29) is 5.54 Å². The van der Waals surface area contributed by atoms with Gasteiger partial charge in [-0.05, 0) is 39.8 Å². The topological polar surface area (TPSA) is 47.9 Å². The van der Waals surface area contributed by atoms with Gasteiger partial charge in [-0.2, -0.15) is 5.26 Å². The first-order valence-electron chi connectivity index (χ1n) is 4.58. The summed E-state index contributed by atoms with van der Waals surface area (Å²) in [6, 6.07) is 2.79. The number of rotatable bonds is 2. The fourth-order valence-corrected chi connectivity index (χ4v) is 1.69. The van der Waals surface area contributed by atoms with Crippen molar-refractivity contribution in [3.63, 3.8) is 0 Å². The third kappa shape index (κ3) is 2.20. The molecule has 1 aliphatic rings. The molecule has 0 aliphatic carbocycles. The molecule has 68 valence electrons. The van der Waals surface area contributed by atoms with E-state index in [4.69, 9.17) is 5.26 Å². The lowest BCUT2D eigenvalue weighted by molar-refractivity contribution is 0.291. The van der Waals surface area contributed by atoms with Gasteiger partial charge in [0.1, 0.15) is 5.54 Å². The predicted octanol–water partition coefficient (Wildman–Crippen LogP) is 0.630. The molecule has 2 N–H and O–H groups in total. The second-order valence-corrected chi connectivity index (χ2v) is 3.74. The van der Waals surface area contributed by atoms with Crippen LogP contribution in [0.4, 0.5) is 0 Å². The molecule has 0 aromatic carbocycles. The minimum Gasteiger partial charge on any atom is -0.317 e.